The van der Waals surface area contributed by atoms with Crippen molar-refractivity contribution < 1.29 is 19.1 Å². The first-order valence-corrected chi connectivity index (χ1v) is 5.42. The smallest absolute Gasteiger partial charge is 0.325 e. The summed E-state index contributed by atoms with van der Waals surface area (Å²) in [6, 6.07) is 1.61. The number of aromatic nitrogens is 1. The molecule has 0 aliphatic heterocycles. The summed E-state index contributed by atoms with van der Waals surface area (Å²) in [6.45, 7) is -0.212. The van der Waals surface area contributed by atoms with Crippen LogP contribution in [-0.4, -0.2) is 37.6 Å². The number of nitrogens with zero attached hydrogens (tertiary/aromatic N) is 1. The van der Waals surface area contributed by atoms with E-state index in [0.717, 1.165) is 0 Å². The van der Waals surface area contributed by atoms with E-state index in [0.29, 0.717) is 10.2 Å². The summed E-state index contributed by atoms with van der Waals surface area (Å²) in [5.41, 5.74) is 0.111. The van der Waals surface area contributed by atoms with Gasteiger partial charge in [0.2, 0.25) is 0 Å². The maximum Gasteiger partial charge on any atom is 0.325 e. The van der Waals surface area contributed by atoms with Gasteiger partial charge in [-0.15, -0.1) is 0 Å². The monoisotopic (exact) mass is 302 g/mol. The molecule has 0 radical (unpaired) electrons. The minimum atomic E-state index is -0.533. The molecule has 1 aromatic heterocycles. The Hall–Kier alpha value is -1.63. The molecule has 92 valence electrons. The van der Waals surface area contributed by atoms with Crippen LogP contribution < -0.4 is 10.1 Å². The fraction of sp³-hybridized carbons (Fsp3) is 0.300. The summed E-state index contributed by atoms with van der Waals surface area (Å²) >= 11 is 3.21. The average molecular weight is 303 g/mol. The van der Waals surface area contributed by atoms with Gasteiger partial charge >= 0.3 is 5.97 Å². The Balaban J connectivity index is 2.78. The topological polar surface area (TPSA) is 77.5 Å². The maximum atomic E-state index is 11.7. The van der Waals surface area contributed by atoms with Crippen molar-refractivity contribution in [1.29, 1.82) is 0 Å². The fourth-order valence-electron chi connectivity index (χ4n) is 1.06. The normalized spacial score (nSPS) is 9.59. The van der Waals surface area contributed by atoms with Crippen LogP contribution in [0.4, 0.5) is 0 Å². The van der Waals surface area contributed by atoms with Gasteiger partial charge in [-0.3, -0.25) is 9.59 Å². The van der Waals surface area contributed by atoms with E-state index in [-0.39, 0.29) is 12.2 Å². The lowest BCUT2D eigenvalue weighted by Gasteiger charge is -2.07. The largest absolute Gasteiger partial charge is 0.494 e. The van der Waals surface area contributed by atoms with Crippen LogP contribution in [0.25, 0.3) is 0 Å². The van der Waals surface area contributed by atoms with Crippen molar-refractivity contribution in [3.63, 3.8) is 0 Å². The summed E-state index contributed by atoms with van der Waals surface area (Å²) in [5, 5.41) is 2.37. The van der Waals surface area contributed by atoms with E-state index < -0.39 is 11.9 Å². The van der Waals surface area contributed by atoms with Gasteiger partial charge in [-0.1, -0.05) is 0 Å². The lowest BCUT2D eigenvalue weighted by atomic mass is 10.3. The summed E-state index contributed by atoms with van der Waals surface area (Å²) in [6.07, 6.45) is 1.47. The van der Waals surface area contributed by atoms with Crippen LogP contribution in [0.1, 0.15) is 10.5 Å². The van der Waals surface area contributed by atoms with Gasteiger partial charge in [0.25, 0.3) is 5.91 Å². The zero-order valence-electron chi connectivity index (χ0n) is 9.32. The second-order valence-corrected chi connectivity index (χ2v) is 3.88. The third kappa shape index (κ3) is 3.70. The SMILES string of the molecule is COC(=O)CNC(=O)c1ncc(Br)cc1OC. The Kier molecular flexibility index (Phi) is 4.89. The van der Waals surface area contributed by atoms with Crippen LogP contribution >= 0.6 is 15.9 Å². The van der Waals surface area contributed by atoms with Crippen molar-refractivity contribution in [1.82, 2.24) is 10.3 Å². The van der Waals surface area contributed by atoms with Crippen molar-refractivity contribution in [3.05, 3.63) is 22.4 Å². The lowest BCUT2D eigenvalue weighted by Crippen LogP contribution is -2.31. The van der Waals surface area contributed by atoms with E-state index in [2.05, 4.69) is 31.0 Å². The summed E-state index contributed by atoms with van der Waals surface area (Å²) < 4.78 is 10.1. The highest BCUT2D eigenvalue weighted by Gasteiger charge is 2.15. The highest BCUT2D eigenvalue weighted by Crippen LogP contribution is 2.20. The highest BCUT2D eigenvalue weighted by molar-refractivity contribution is 9.10. The number of nitrogens with one attached hydrogen (secondary N) is 1. The first kappa shape index (κ1) is 13.4. The number of hydrogen-bond acceptors (Lipinski definition) is 5. The minimum absolute atomic E-state index is 0.111. The number of ether oxygens (including phenoxy) is 2. The van der Waals surface area contributed by atoms with Crippen molar-refractivity contribution >= 4 is 27.8 Å². The molecule has 1 rings (SSSR count). The van der Waals surface area contributed by atoms with Gasteiger partial charge < -0.3 is 14.8 Å². The van der Waals surface area contributed by atoms with Crippen LogP contribution in [0.2, 0.25) is 0 Å². The third-order valence-electron chi connectivity index (χ3n) is 1.88. The molecule has 1 N–H and O–H groups in total. The molecule has 0 atom stereocenters. The molecule has 0 aromatic carbocycles. The van der Waals surface area contributed by atoms with Crippen molar-refractivity contribution in [2.75, 3.05) is 20.8 Å². The van der Waals surface area contributed by atoms with Gasteiger partial charge in [0.15, 0.2) is 11.4 Å². The average Bonchev–Trinajstić information content (AvgIpc) is 2.35. The molecule has 0 spiro atoms. The Labute approximate surface area is 106 Å². The molecular weight excluding hydrogens is 292 g/mol. The molecule has 0 aliphatic carbocycles. The number of rotatable bonds is 4. The lowest BCUT2D eigenvalue weighted by molar-refractivity contribution is -0.139. The van der Waals surface area contributed by atoms with E-state index in [1.807, 2.05) is 0 Å². The minimum Gasteiger partial charge on any atom is -0.494 e. The number of hydrogen-bond donors (Lipinski definition) is 1. The molecule has 1 heterocycles. The molecule has 0 saturated carbocycles. The van der Waals surface area contributed by atoms with Gasteiger partial charge in [-0.05, 0) is 22.0 Å². The quantitative estimate of drug-likeness (QED) is 0.831. The maximum absolute atomic E-state index is 11.7. The van der Waals surface area contributed by atoms with Crippen molar-refractivity contribution in [2.24, 2.45) is 0 Å². The molecule has 0 unspecified atom stereocenters. The zero-order chi connectivity index (χ0) is 12.8. The number of carbonyl (C=O) groups excluding carboxylic acids is 2. The third-order valence-corrected chi connectivity index (χ3v) is 2.31. The zero-order valence-corrected chi connectivity index (χ0v) is 10.9. The van der Waals surface area contributed by atoms with Gasteiger partial charge in [0.05, 0.1) is 14.2 Å². The van der Waals surface area contributed by atoms with Crippen molar-refractivity contribution in [3.8, 4) is 5.75 Å². The first-order chi connectivity index (χ1) is 8.08. The summed E-state index contributed by atoms with van der Waals surface area (Å²) in [4.78, 5) is 26.5. The van der Waals surface area contributed by atoms with Gasteiger partial charge in [-0.2, -0.15) is 0 Å². The predicted molar refractivity (Wildman–Crippen MR) is 62.8 cm³/mol. The van der Waals surface area contributed by atoms with Gasteiger partial charge in [0.1, 0.15) is 6.54 Å². The first-order valence-electron chi connectivity index (χ1n) is 4.63. The second kappa shape index (κ2) is 6.19. The molecule has 1 amide bonds. The Morgan fingerprint density at radius 2 is 2.18 bits per heavy atom. The van der Waals surface area contributed by atoms with Crippen LogP contribution in [0.5, 0.6) is 5.75 Å². The van der Waals surface area contributed by atoms with Crippen LogP contribution in [0, 0.1) is 0 Å². The molecular formula is C10H11BrN2O4. The number of amides is 1. The summed E-state index contributed by atoms with van der Waals surface area (Å²) in [5.74, 6) is -0.712. The fourth-order valence-corrected chi connectivity index (χ4v) is 1.37. The Morgan fingerprint density at radius 1 is 1.47 bits per heavy atom. The standard InChI is InChI=1S/C10H11BrN2O4/c1-16-7-3-6(11)4-12-9(7)10(15)13-5-8(14)17-2/h3-4H,5H2,1-2H3,(H,13,15). The van der Waals surface area contributed by atoms with Gasteiger partial charge in [0, 0.05) is 10.7 Å². The van der Waals surface area contributed by atoms with Crippen LogP contribution in [-0.2, 0) is 9.53 Å². The number of pyridine rings is 1. The predicted octanol–water partition coefficient (Wildman–Crippen LogP) is 0.755. The molecule has 6 nitrogen and oxygen atoms in total. The van der Waals surface area contributed by atoms with Crippen molar-refractivity contribution in [2.45, 2.75) is 0 Å². The van der Waals surface area contributed by atoms with Crippen LogP contribution in [0.15, 0.2) is 16.7 Å². The molecule has 0 saturated heterocycles. The molecule has 0 bridgehead atoms. The number of halogens is 1. The Morgan fingerprint density at radius 3 is 2.76 bits per heavy atom. The Bertz CT molecular complexity index is 436. The highest BCUT2D eigenvalue weighted by atomic mass is 79.9. The van der Waals surface area contributed by atoms with E-state index in [1.54, 1.807) is 6.07 Å². The number of methoxy groups -OCH3 is 2. The van der Waals surface area contributed by atoms with Gasteiger partial charge in [-0.25, -0.2) is 4.98 Å². The van der Waals surface area contributed by atoms with E-state index in [4.69, 9.17) is 4.74 Å². The van der Waals surface area contributed by atoms with E-state index >= 15 is 0 Å². The molecule has 0 fully saturated rings. The second-order valence-electron chi connectivity index (χ2n) is 2.96. The molecule has 0 aliphatic rings. The molecule has 1 aromatic rings. The molecule has 17 heavy (non-hydrogen) atoms. The number of esters is 1. The van der Waals surface area contributed by atoms with E-state index in [9.17, 15) is 9.59 Å². The number of carbonyl (C=O) groups is 2. The van der Waals surface area contributed by atoms with Crippen LogP contribution in [0.3, 0.4) is 0 Å². The molecule has 7 heteroatoms. The summed E-state index contributed by atoms with van der Waals surface area (Å²) in [7, 11) is 2.67. The van der Waals surface area contributed by atoms with E-state index in [1.165, 1.54) is 20.4 Å².